The number of amides is 1. The number of quaternary nitrogens is 1. The Morgan fingerprint density at radius 2 is 2.11 bits per heavy atom. The van der Waals surface area contributed by atoms with E-state index in [2.05, 4.69) is 11.1 Å². The SMILES string of the molecule is Cc1cc(=O)oc2cc(NC(=O)[C@@H](C)[NH3+])ccc12. The molecular formula is C13H15N2O3+. The van der Waals surface area contributed by atoms with Crippen molar-refractivity contribution in [2.45, 2.75) is 19.9 Å². The van der Waals surface area contributed by atoms with E-state index in [1.54, 1.807) is 19.1 Å². The third-order valence-corrected chi connectivity index (χ3v) is 2.67. The van der Waals surface area contributed by atoms with Crippen LogP contribution in [0.15, 0.2) is 33.5 Å². The molecule has 0 unspecified atom stereocenters. The molecular weight excluding hydrogens is 232 g/mol. The first-order chi connectivity index (χ1) is 8.47. The Morgan fingerprint density at radius 1 is 1.39 bits per heavy atom. The molecule has 2 aromatic rings. The first kappa shape index (κ1) is 12.3. The van der Waals surface area contributed by atoms with Crippen molar-refractivity contribution in [3.63, 3.8) is 0 Å². The molecule has 0 aliphatic carbocycles. The number of nitrogens with one attached hydrogen (secondary N) is 1. The van der Waals surface area contributed by atoms with Crippen LogP contribution in [0.2, 0.25) is 0 Å². The molecule has 0 saturated heterocycles. The van der Waals surface area contributed by atoms with E-state index in [0.29, 0.717) is 11.3 Å². The van der Waals surface area contributed by atoms with E-state index in [-0.39, 0.29) is 11.9 Å². The van der Waals surface area contributed by atoms with Gasteiger partial charge in [-0.2, -0.15) is 0 Å². The van der Waals surface area contributed by atoms with E-state index in [1.165, 1.54) is 6.07 Å². The third kappa shape index (κ3) is 2.41. The second-order valence-electron chi connectivity index (χ2n) is 4.35. The standard InChI is InChI=1S/C13H14N2O3/c1-7-5-12(16)18-11-6-9(3-4-10(7)11)15-13(17)8(2)14/h3-6,8H,14H2,1-2H3,(H,15,17)/p+1/t8-/m1/s1. The Morgan fingerprint density at radius 3 is 2.78 bits per heavy atom. The molecule has 0 radical (unpaired) electrons. The number of rotatable bonds is 2. The summed E-state index contributed by atoms with van der Waals surface area (Å²) < 4.78 is 5.10. The Labute approximate surface area is 104 Å². The number of hydrogen-bond donors (Lipinski definition) is 2. The van der Waals surface area contributed by atoms with Gasteiger partial charge in [-0.15, -0.1) is 0 Å². The summed E-state index contributed by atoms with van der Waals surface area (Å²) in [4.78, 5) is 22.8. The Balaban J connectivity index is 2.44. The zero-order chi connectivity index (χ0) is 13.3. The average Bonchev–Trinajstić information content (AvgIpc) is 2.27. The fraction of sp³-hybridized carbons (Fsp3) is 0.231. The summed E-state index contributed by atoms with van der Waals surface area (Å²) in [5.74, 6) is -0.177. The third-order valence-electron chi connectivity index (χ3n) is 2.67. The summed E-state index contributed by atoms with van der Waals surface area (Å²) >= 11 is 0. The minimum atomic E-state index is -0.394. The second-order valence-corrected chi connectivity index (χ2v) is 4.35. The molecule has 1 atom stereocenters. The lowest BCUT2D eigenvalue weighted by Gasteiger charge is -2.07. The summed E-state index contributed by atoms with van der Waals surface area (Å²) in [5.41, 5.74) is 5.16. The first-order valence-corrected chi connectivity index (χ1v) is 5.66. The van der Waals surface area contributed by atoms with Crippen LogP contribution in [0.5, 0.6) is 0 Å². The van der Waals surface area contributed by atoms with Crippen LogP contribution in [0.3, 0.4) is 0 Å². The molecule has 2 rings (SSSR count). The van der Waals surface area contributed by atoms with Crippen molar-refractivity contribution in [1.29, 1.82) is 0 Å². The van der Waals surface area contributed by atoms with Gasteiger partial charge in [0.15, 0.2) is 6.04 Å². The van der Waals surface area contributed by atoms with Crippen LogP contribution in [-0.2, 0) is 4.79 Å². The Kier molecular flexibility index (Phi) is 3.16. The summed E-state index contributed by atoms with van der Waals surface area (Å²) in [6, 6.07) is 6.33. The number of hydrogen-bond acceptors (Lipinski definition) is 3. The van der Waals surface area contributed by atoms with Gasteiger partial charge in [0.05, 0.1) is 0 Å². The van der Waals surface area contributed by atoms with Gasteiger partial charge in [0, 0.05) is 23.2 Å². The highest BCUT2D eigenvalue weighted by atomic mass is 16.4. The normalized spacial score (nSPS) is 12.4. The van der Waals surface area contributed by atoms with Crippen LogP contribution in [0.25, 0.3) is 11.0 Å². The molecule has 0 spiro atoms. The molecule has 4 N–H and O–H groups in total. The average molecular weight is 247 g/mol. The highest BCUT2D eigenvalue weighted by molar-refractivity contribution is 5.95. The predicted octanol–water partition coefficient (Wildman–Crippen LogP) is 0.670. The molecule has 0 aliphatic rings. The lowest BCUT2D eigenvalue weighted by molar-refractivity contribution is -0.396. The van der Waals surface area contributed by atoms with Crippen LogP contribution < -0.4 is 16.7 Å². The van der Waals surface area contributed by atoms with Gasteiger partial charge in [-0.1, -0.05) is 0 Å². The van der Waals surface area contributed by atoms with Gasteiger partial charge in [-0.3, -0.25) is 4.79 Å². The van der Waals surface area contributed by atoms with Crippen molar-refractivity contribution in [1.82, 2.24) is 0 Å². The molecule has 1 heterocycles. The van der Waals surface area contributed by atoms with E-state index < -0.39 is 5.63 Å². The van der Waals surface area contributed by atoms with Crippen LogP contribution in [0.1, 0.15) is 12.5 Å². The Hall–Kier alpha value is -2.14. The molecule has 94 valence electrons. The summed E-state index contributed by atoms with van der Waals surface area (Å²) in [7, 11) is 0. The maximum Gasteiger partial charge on any atom is 0.336 e. The minimum Gasteiger partial charge on any atom is -0.423 e. The first-order valence-electron chi connectivity index (χ1n) is 5.66. The second kappa shape index (κ2) is 4.62. The molecule has 18 heavy (non-hydrogen) atoms. The number of carbonyl (C=O) groups is 1. The molecule has 0 fully saturated rings. The van der Waals surface area contributed by atoms with E-state index in [9.17, 15) is 9.59 Å². The van der Waals surface area contributed by atoms with Gasteiger partial charge in [-0.05, 0) is 31.5 Å². The van der Waals surface area contributed by atoms with Gasteiger partial charge in [-0.25, -0.2) is 4.79 Å². The molecule has 1 aromatic carbocycles. The van der Waals surface area contributed by atoms with Crippen molar-refractivity contribution in [3.8, 4) is 0 Å². The minimum absolute atomic E-state index is 0.177. The van der Waals surface area contributed by atoms with Crippen molar-refractivity contribution < 1.29 is 14.9 Å². The van der Waals surface area contributed by atoms with Crippen LogP contribution in [-0.4, -0.2) is 11.9 Å². The van der Waals surface area contributed by atoms with Gasteiger partial charge in [0.25, 0.3) is 5.91 Å². The van der Waals surface area contributed by atoms with Crippen LogP contribution >= 0.6 is 0 Å². The number of benzene rings is 1. The van der Waals surface area contributed by atoms with Crippen molar-refractivity contribution in [2.24, 2.45) is 0 Å². The molecule has 0 saturated carbocycles. The molecule has 1 amide bonds. The lowest BCUT2D eigenvalue weighted by atomic mass is 10.1. The number of carbonyl (C=O) groups excluding carboxylic acids is 1. The number of aryl methyl sites for hydroxylation is 1. The number of fused-ring (bicyclic) bond motifs is 1. The van der Waals surface area contributed by atoms with Crippen LogP contribution in [0, 0.1) is 6.92 Å². The fourth-order valence-electron chi connectivity index (χ4n) is 1.67. The van der Waals surface area contributed by atoms with Crippen molar-refractivity contribution in [3.05, 3.63) is 40.2 Å². The maximum absolute atomic E-state index is 11.5. The van der Waals surface area contributed by atoms with Crippen LogP contribution in [0.4, 0.5) is 5.69 Å². The monoisotopic (exact) mass is 247 g/mol. The molecule has 0 bridgehead atoms. The van der Waals surface area contributed by atoms with E-state index in [0.717, 1.165) is 10.9 Å². The molecule has 1 aromatic heterocycles. The zero-order valence-electron chi connectivity index (χ0n) is 10.3. The Bertz CT molecular complexity index is 659. The predicted molar refractivity (Wildman–Crippen MR) is 68.2 cm³/mol. The summed E-state index contributed by atoms with van der Waals surface area (Å²) in [6.45, 7) is 3.55. The highest BCUT2D eigenvalue weighted by Gasteiger charge is 2.11. The van der Waals surface area contributed by atoms with Crippen molar-refractivity contribution in [2.75, 3.05) is 5.32 Å². The van der Waals surface area contributed by atoms with Gasteiger partial charge >= 0.3 is 5.63 Å². The molecule has 0 aliphatic heterocycles. The quantitative estimate of drug-likeness (QED) is 0.765. The maximum atomic E-state index is 11.5. The number of anilines is 1. The van der Waals surface area contributed by atoms with E-state index in [1.807, 2.05) is 13.0 Å². The topological polar surface area (TPSA) is 87.0 Å². The largest absolute Gasteiger partial charge is 0.423 e. The van der Waals surface area contributed by atoms with Gasteiger partial charge in [0.2, 0.25) is 0 Å². The van der Waals surface area contributed by atoms with E-state index in [4.69, 9.17) is 4.42 Å². The summed E-state index contributed by atoms with van der Waals surface area (Å²) in [6.07, 6.45) is 0. The van der Waals surface area contributed by atoms with E-state index >= 15 is 0 Å². The molecule has 5 heteroatoms. The fourth-order valence-corrected chi connectivity index (χ4v) is 1.67. The lowest BCUT2D eigenvalue weighted by Crippen LogP contribution is -2.64. The smallest absolute Gasteiger partial charge is 0.336 e. The highest BCUT2D eigenvalue weighted by Crippen LogP contribution is 2.20. The zero-order valence-corrected chi connectivity index (χ0v) is 10.3. The van der Waals surface area contributed by atoms with Gasteiger partial charge < -0.3 is 15.5 Å². The van der Waals surface area contributed by atoms with Crippen molar-refractivity contribution >= 4 is 22.6 Å². The summed E-state index contributed by atoms with van der Waals surface area (Å²) in [5, 5.41) is 3.57. The van der Waals surface area contributed by atoms with Gasteiger partial charge in [0.1, 0.15) is 5.58 Å². The molecule has 5 nitrogen and oxygen atoms in total.